The largest absolute Gasteiger partial charge is 0.481 e. The average Bonchev–Trinajstić information content (AvgIpc) is 3.44. The zero-order valence-electron chi connectivity index (χ0n) is 29.5. The Bertz CT molecular complexity index is 1600. The van der Waals surface area contributed by atoms with E-state index < -0.39 is 90.4 Å². The fraction of sp³-hybridized carbons (Fsp3) is 0.471. The number of benzene rings is 1. The van der Waals surface area contributed by atoms with Gasteiger partial charge in [-0.15, -0.1) is 0 Å². The van der Waals surface area contributed by atoms with Crippen LogP contribution in [0.1, 0.15) is 50.5 Å². The smallest absolute Gasteiger partial charge is 0.305 e. The van der Waals surface area contributed by atoms with Gasteiger partial charge in [0.2, 0.25) is 35.4 Å². The van der Waals surface area contributed by atoms with Crippen LogP contribution in [0.3, 0.4) is 0 Å². The lowest BCUT2D eigenvalue weighted by Crippen LogP contribution is -2.58. The van der Waals surface area contributed by atoms with E-state index in [0.717, 1.165) is 17.1 Å². The van der Waals surface area contributed by atoms with Gasteiger partial charge in [-0.3, -0.25) is 53.5 Å². The van der Waals surface area contributed by atoms with Crippen LogP contribution in [0.4, 0.5) is 0 Å². The van der Waals surface area contributed by atoms with Crippen molar-refractivity contribution in [3.8, 4) is 0 Å². The van der Waals surface area contributed by atoms with Gasteiger partial charge in [-0.25, -0.2) is 0 Å². The summed E-state index contributed by atoms with van der Waals surface area (Å²) in [5, 5.41) is 34.5. The molecule has 2 aliphatic rings. The normalized spacial score (nSPS) is 21.1. The number of unbranched alkanes of at least 4 members (excludes halogenated alkanes) is 1. The summed E-state index contributed by atoms with van der Waals surface area (Å²) in [7, 11) is 0. The molecule has 4 unspecified atom stereocenters. The summed E-state index contributed by atoms with van der Waals surface area (Å²) in [5.74, 6) is -7.36. The van der Waals surface area contributed by atoms with Gasteiger partial charge < -0.3 is 48.1 Å². The molecule has 0 radical (unpaired) electrons. The number of carboxylic acids is 1. The Hall–Kier alpha value is -6.34. The highest BCUT2D eigenvalue weighted by atomic mass is 16.4. The minimum Gasteiger partial charge on any atom is -0.481 e. The number of nitrogens with two attached hydrogens (primary N) is 1. The van der Waals surface area contributed by atoms with Gasteiger partial charge in [0.1, 0.15) is 24.2 Å². The molecule has 1 aromatic carbocycles. The molecule has 20 heteroatoms. The van der Waals surface area contributed by atoms with E-state index in [4.69, 9.17) is 11.1 Å². The lowest BCUT2D eigenvalue weighted by Gasteiger charge is -2.26. The summed E-state index contributed by atoms with van der Waals surface area (Å²) in [6.45, 7) is -0.420. The highest BCUT2D eigenvalue weighted by Crippen LogP contribution is 2.10. The van der Waals surface area contributed by atoms with Crippen molar-refractivity contribution in [1.29, 1.82) is 5.41 Å². The van der Waals surface area contributed by atoms with Crippen molar-refractivity contribution in [2.45, 2.75) is 75.5 Å². The summed E-state index contributed by atoms with van der Waals surface area (Å²) in [6, 6.07) is 3.14. The second-order valence-corrected chi connectivity index (χ2v) is 12.5. The fourth-order valence-corrected chi connectivity index (χ4v) is 5.52. The van der Waals surface area contributed by atoms with Crippen LogP contribution in [0.25, 0.3) is 0 Å². The SMILES string of the molecule is N=C(N)NCCCC1NC(=O)C(CCCCNC(=O)CCN2C(=O)C=CC2=O)NC(=O)C(Cc2ccccc2)NC(=O)C(CC(=O)O)NC(=O)CNC1=O. The number of carbonyl (C=O) groups excluding carboxylic acids is 8. The van der Waals surface area contributed by atoms with E-state index in [9.17, 15) is 48.3 Å². The van der Waals surface area contributed by atoms with Crippen molar-refractivity contribution in [2.24, 2.45) is 5.73 Å². The van der Waals surface area contributed by atoms with Crippen LogP contribution in [0.15, 0.2) is 42.5 Å². The number of nitrogens with zero attached hydrogens (tertiary/aromatic N) is 1. The number of guanidine groups is 1. The van der Waals surface area contributed by atoms with Crippen molar-refractivity contribution in [3.63, 3.8) is 0 Å². The number of carboxylic acid groups (broad SMARTS) is 1. The van der Waals surface area contributed by atoms with Crippen LogP contribution >= 0.6 is 0 Å². The van der Waals surface area contributed by atoms with Crippen LogP contribution in [0.5, 0.6) is 0 Å². The van der Waals surface area contributed by atoms with Crippen LogP contribution in [0.2, 0.25) is 0 Å². The Morgan fingerprint density at radius 1 is 0.759 bits per heavy atom. The Balaban J connectivity index is 1.80. The van der Waals surface area contributed by atoms with E-state index in [1.54, 1.807) is 30.3 Å². The number of rotatable bonds is 16. The third-order valence-electron chi connectivity index (χ3n) is 8.33. The Kier molecular flexibility index (Phi) is 16.6. The predicted molar refractivity (Wildman–Crippen MR) is 190 cm³/mol. The molecule has 54 heavy (non-hydrogen) atoms. The van der Waals surface area contributed by atoms with Gasteiger partial charge in [-0.1, -0.05) is 30.3 Å². The molecular formula is C34H46N10O10. The third-order valence-corrected chi connectivity index (χ3v) is 8.33. The number of nitrogens with one attached hydrogen (secondary N) is 8. The molecule has 1 saturated heterocycles. The number of carbonyl (C=O) groups is 9. The summed E-state index contributed by atoms with van der Waals surface area (Å²) < 4.78 is 0. The van der Waals surface area contributed by atoms with E-state index in [1.165, 1.54) is 0 Å². The number of hydrogen-bond acceptors (Lipinski definition) is 10. The molecule has 292 valence electrons. The first-order chi connectivity index (χ1) is 25.7. The Morgan fingerprint density at radius 2 is 1.33 bits per heavy atom. The van der Waals surface area contributed by atoms with Gasteiger partial charge in [0.05, 0.1) is 13.0 Å². The van der Waals surface area contributed by atoms with Gasteiger partial charge >= 0.3 is 5.97 Å². The van der Waals surface area contributed by atoms with Gasteiger partial charge in [0.25, 0.3) is 11.8 Å². The molecule has 8 amide bonds. The van der Waals surface area contributed by atoms with Crippen LogP contribution in [0, 0.1) is 5.41 Å². The molecule has 2 aliphatic heterocycles. The second kappa shape index (κ2) is 21.2. The molecule has 4 atom stereocenters. The van der Waals surface area contributed by atoms with Crippen molar-refractivity contribution in [2.75, 3.05) is 26.2 Å². The molecule has 0 spiro atoms. The van der Waals surface area contributed by atoms with E-state index in [2.05, 4.69) is 37.2 Å². The van der Waals surface area contributed by atoms with Gasteiger partial charge in [0, 0.05) is 44.6 Å². The van der Waals surface area contributed by atoms with Gasteiger partial charge in [-0.05, 0) is 37.7 Å². The van der Waals surface area contributed by atoms with E-state index in [0.29, 0.717) is 12.0 Å². The minimum atomic E-state index is -1.62. The first kappa shape index (κ1) is 42.1. The van der Waals surface area contributed by atoms with Crippen molar-refractivity contribution in [3.05, 3.63) is 48.0 Å². The van der Waals surface area contributed by atoms with Crippen molar-refractivity contribution < 1.29 is 48.3 Å². The molecule has 1 aromatic rings. The molecule has 11 N–H and O–H groups in total. The molecule has 0 aliphatic carbocycles. The maximum absolute atomic E-state index is 13.8. The Labute approximate surface area is 310 Å². The predicted octanol–water partition coefficient (Wildman–Crippen LogP) is -3.36. The zero-order valence-corrected chi connectivity index (χ0v) is 29.5. The first-order valence-electron chi connectivity index (χ1n) is 17.4. The molecule has 1 fully saturated rings. The van der Waals surface area contributed by atoms with Crippen LogP contribution in [-0.4, -0.2) is 120 Å². The molecule has 3 rings (SSSR count). The monoisotopic (exact) mass is 754 g/mol. The molecular weight excluding hydrogens is 708 g/mol. The molecule has 20 nitrogen and oxygen atoms in total. The second-order valence-electron chi connectivity index (χ2n) is 12.5. The summed E-state index contributed by atoms with van der Waals surface area (Å²) in [4.78, 5) is 115. The maximum Gasteiger partial charge on any atom is 0.305 e. The number of hydrogen-bond donors (Lipinski definition) is 10. The average molecular weight is 755 g/mol. The molecule has 2 heterocycles. The highest BCUT2D eigenvalue weighted by Gasteiger charge is 2.33. The molecule has 0 bridgehead atoms. The third kappa shape index (κ3) is 14.4. The summed E-state index contributed by atoms with van der Waals surface area (Å²) in [5.41, 5.74) is 5.95. The van der Waals surface area contributed by atoms with Crippen molar-refractivity contribution >= 4 is 59.2 Å². The Morgan fingerprint density at radius 3 is 1.98 bits per heavy atom. The summed E-state index contributed by atoms with van der Waals surface area (Å²) >= 11 is 0. The molecule has 0 saturated carbocycles. The highest BCUT2D eigenvalue weighted by molar-refractivity contribution is 6.13. The summed E-state index contributed by atoms with van der Waals surface area (Å²) in [6.07, 6.45) is 2.13. The van der Waals surface area contributed by atoms with Crippen LogP contribution in [-0.2, 0) is 49.6 Å². The lowest BCUT2D eigenvalue weighted by molar-refractivity contribution is -0.141. The van der Waals surface area contributed by atoms with Gasteiger partial charge in [0.15, 0.2) is 5.96 Å². The topological polar surface area (TPSA) is 311 Å². The van der Waals surface area contributed by atoms with Crippen molar-refractivity contribution in [1.82, 2.24) is 42.1 Å². The quantitative estimate of drug-likeness (QED) is 0.0343. The fourth-order valence-electron chi connectivity index (χ4n) is 5.52. The number of imide groups is 1. The lowest BCUT2D eigenvalue weighted by atomic mass is 10.0. The van der Waals surface area contributed by atoms with Gasteiger partial charge in [-0.2, -0.15) is 0 Å². The number of amides is 8. The van der Waals surface area contributed by atoms with E-state index in [-0.39, 0.29) is 64.1 Å². The standard InChI is InChI=1S/C34H46N10O10/c35-34(36)38-15-6-10-21-30(51)39-19-26(46)40-24(18-29(49)50)33(54)43-23(17-20-7-2-1-3-8-20)32(53)42-22(31(52)41-21)9-4-5-14-37-25(45)13-16-44-27(47)11-12-28(44)48/h1-3,7-8,11-12,21-24H,4-6,9-10,13-19H2,(H,37,45)(H,39,51)(H,40,46)(H,41,52)(H,42,53)(H,43,54)(H,49,50)(H4,35,36,38). The number of aliphatic carboxylic acids is 1. The zero-order chi connectivity index (χ0) is 39.6. The minimum absolute atomic E-state index is 0.0177. The molecule has 0 aromatic heterocycles. The van der Waals surface area contributed by atoms with E-state index >= 15 is 0 Å². The van der Waals surface area contributed by atoms with Crippen LogP contribution < -0.4 is 43.0 Å². The first-order valence-corrected chi connectivity index (χ1v) is 17.4. The maximum atomic E-state index is 13.8. The van der Waals surface area contributed by atoms with E-state index in [1.807, 2.05) is 0 Å².